The van der Waals surface area contributed by atoms with Crippen LogP contribution in [0, 0.1) is 23.7 Å². The number of aliphatic hydroxyl groups is 2. The first-order valence-corrected chi connectivity index (χ1v) is 7.25. The number of rotatable bonds is 0. The molecule has 0 amide bonds. The normalized spacial score (nSPS) is 61.1. The van der Waals surface area contributed by atoms with E-state index in [1.807, 2.05) is 0 Å². The SMILES string of the molecule is C1CC2CC1C1OC21.OC1C2CCC(C2)C1O. The van der Waals surface area contributed by atoms with Crippen LogP contribution < -0.4 is 0 Å². The highest BCUT2D eigenvalue weighted by molar-refractivity contribution is 5.07. The fourth-order valence-electron chi connectivity index (χ4n) is 4.78. The molecule has 4 bridgehead atoms. The van der Waals surface area contributed by atoms with Gasteiger partial charge in [-0.05, 0) is 62.2 Å². The fraction of sp³-hybridized carbons (Fsp3) is 1.00. The first-order chi connectivity index (χ1) is 8.24. The van der Waals surface area contributed by atoms with Gasteiger partial charge in [0.05, 0.1) is 24.4 Å². The highest BCUT2D eigenvalue weighted by Gasteiger charge is 2.59. The Bertz CT molecular complexity index is 287. The lowest BCUT2D eigenvalue weighted by atomic mass is 9.95. The topological polar surface area (TPSA) is 53.0 Å². The lowest BCUT2D eigenvalue weighted by Gasteiger charge is -2.21. The first kappa shape index (κ1) is 10.8. The van der Waals surface area contributed by atoms with Gasteiger partial charge in [0.15, 0.2) is 0 Å². The van der Waals surface area contributed by atoms with Crippen LogP contribution in [0.2, 0.25) is 0 Å². The Morgan fingerprint density at radius 2 is 1.06 bits per heavy atom. The third-order valence-electron chi connectivity index (χ3n) is 5.83. The summed E-state index contributed by atoms with van der Waals surface area (Å²) in [6, 6.07) is 0. The Morgan fingerprint density at radius 1 is 0.647 bits per heavy atom. The van der Waals surface area contributed by atoms with Gasteiger partial charge in [0, 0.05) is 0 Å². The molecule has 0 spiro atoms. The third-order valence-corrected chi connectivity index (χ3v) is 5.83. The molecule has 3 heteroatoms. The summed E-state index contributed by atoms with van der Waals surface area (Å²) in [6.07, 6.45) is 8.43. The second-order valence-corrected chi connectivity index (χ2v) is 6.71. The van der Waals surface area contributed by atoms with Crippen molar-refractivity contribution < 1.29 is 14.9 Å². The van der Waals surface area contributed by atoms with Crippen molar-refractivity contribution in [3.05, 3.63) is 0 Å². The minimum Gasteiger partial charge on any atom is -0.390 e. The molecule has 3 nitrogen and oxygen atoms in total. The van der Waals surface area contributed by atoms with E-state index in [1.165, 1.54) is 19.3 Å². The molecule has 8 unspecified atom stereocenters. The van der Waals surface area contributed by atoms with E-state index in [1.54, 1.807) is 0 Å². The lowest BCUT2D eigenvalue weighted by molar-refractivity contribution is -0.0160. The Hall–Kier alpha value is -0.120. The van der Waals surface area contributed by atoms with Gasteiger partial charge in [-0.1, -0.05) is 0 Å². The van der Waals surface area contributed by atoms with E-state index in [2.05, 4.69) is 0 Å². The van der Waals surface area contributed by atoms with Crippen molar-refractivity contribution in [1.29, 1.82) is 0 Å². The zero-order chi connectivity index (χ0) is 11.6. The van der Waals surface area contributed by atoms with Gasteiger partial charge < -0.3 is 14.9 Å². The molecule has 4 aliphatic carbocycles. The number of aliphatic hydroxyl groups excluding tert-OH is 2. The third kappa shape index (κ3) is 1.59. The van der Waals surface area contributed by atoms with Crippen molar-refractivity contribution in [2.75, 3.05) is 0 Å². The molecule has 5 rings (SSSR count). The first-order valence-electron chi connectivity index (χ1n) is 7.25. The zero-order valence-electron chi connectivity index (χ0n) is 10.2. The highest BCUT2D eigenvalue weighted by Crippen LogP contribution is 2.56. The minimum atomic E-state index is -0.399. The zero-order valence-corrected chi connectivity index (χ0v) is 10.2. The number of epoxide rings is 1. The Morgan fingerprint density at radius 3 is 1.35 bits per heavy atom. The van der Waals surface area contributed by atoms with Crippen LogP contribution in [0.25, 0.3) is 0 Å². The Balaban J connectivity index is 0.0000000944. The molecule has 0 radical (unpaired) electrons. The predicted molar refractivity (Wildman–Crippen MR) is 62.3 cm³/mol. The molecule has 0 aromatic carbocycles. The average molecular weight is 238 g/mol. The minimum absolute atomic E-state index is 0.399. The molecule has 1 aliphatic heterocycles. The number of fused-ring (bicyclic) bond motifs is 7. The van der Waals surface area contributed by atoms with Gasteiger partial charge in [-0.2, -0.15) is 0 Å². The number of ether oxygens (including phenoxy) is 1. The van der Waals surface area contributed by atoms with E-state index in [0.717, 1.165) is 43.3 Å². The van der Waals surface area contributed by atoms with E-state index in [9.17, 15) is 10.2 Å². The lowest BCUT2D eigenvalue weighted by Crippen LogP contribution is -2.31. The van der Waals surface area contributed by atoms with E-state index < -0.39 is 12.2 Å². The molecule has 5 fully saturated rings. The van der Waals surface area contributed by atoms with Crippen LogP contribution in [0.3, 0.4) is 0 Å². The van der Waals surface area contributed by atoms with Gasteiger partial charge in [-0.3, -0.25) is 0 Å². The van der Waals surface area contributed by atoms with E-state index in [-0.39, 0.29) is 0 Å². The predicted octanol–water partition coefficient (Wildman–Crippen LogP) is 1.32. The van der Waals surface area contributed by atoms with Crippen LogP contribution in [-0.2, 0) is 4.74 Å². The fourth-order valence-corrected chi connectivity index (χ4v) is 4.78. The molecule has 5 aliphatic rings. The van der Waals surface area contributed by atoms with Gasteiger partial charge in [0.2, 0.25) is 0 Å². The summed E-state index contributed by atoms with van der Waals surface area (Å²) >= 11 is 0. The second kappa shape index (κ2) is 3.69. The van der Waals surface area contributed by atoms with Crippen LogP contribution in [0.1, 0.15) is 38.5 Å². The number of hydrogen-bond donors (Lipinski definition) is 2. The summed E-state index contributed by atoms with van der Waals surface area (Å²) in [5.41, 5.74) is 0. The Kier molecular flexibility index (Phi) is 2.34. The van der Waals surface area contributed by atoms with E-state index in [4.69, 9.17) is 4.74 Å². The summed E-state index contributed by atoms with van der Waals surface area (Å²) in [7, 11) is 0. The maximum Gasteiger partial charge on any atom is 0.0872 e. The Labute approximate surface area is 102 Å². The molecule has 4 saturated carbocycles. The van der Waals surface area contributed by atoms with Gasteiger partial charge in [-0.15, -0.1) is 0 Å². The maximum absolute atomic E-state index is 9.24. The quantitative estimate of drug-likeness (QED) is 0.626. The second-order valence-electron chi connectivity index (χ2n) is 6.71. The van der Waals surface area contributed by atoms with Crippen LogP contribution in [0.4, 0.5) is 0 Å². The standard InChI is InChI=1S/C7H12O2.C7H10O/c8-6-4-1-2-5(3-4)7(6)9;1-2-5-3-4(1)6-7(5)8-6/h4-9H,1-3H2;4-7H,1-3H2. The molecular formula is C14H22O3. The maximum atomic E-state index is 9.24. The summed E-state index contributed by atoms with van der Waals surface area (Å²) < 4.78 is 5.44. The monoisotopic (exact) mass is 238 g/mol. The molecule has 0 aromatic heterocycles. The molecule has 1 heterocycles. The summed E-state index contributed by atoms with van der Waals surface area (Å²) in [4.78, 5) is 0. The number of hydrogen-bond acceptors (Lipinski definition) is 3. The van der Waals surface area contributed by atoms with E-state index >= 15 is 0 Å². The van der Waals surface area contributed by atoms with Crippen molar-refractivity contribution >= 4 is 0 Å². The van der Waals surface area contributed by atoms with Crippen molar-refractivity contribution in [2.24, 2.45) is 23.7 Å². The van der Waals surface area contributed by atoms with Gasteiger partial charge in [0.1, 0.15) is 0 Å². The van der Waals surface area contributed by atoms with Crippen LogP contribution in [0.5, 0.6) is 0 Å². The van der Waals surface area contributed by atoms with Crippen LogP contribution >= 0.6 is 0 Å². The van der Waals surface area contributed by atoms with Gasteiger partial charge in [0.25, 0.3) is 0 Å². The van der Waals surface area contributed by atoms with Crippen LogP contribution in [0.15, 0.2) is 0 Å². The highest BCUT2D eigenvalue weighted by atomic mass is 16.6. The molecule has 17 heavy (non-hydrogen) atoms. The average Bonchev–Trinajstić information content (AvgIpc) is 2.76. The largest absolute Gasteiger partial charge is 0.390 e. The van der Waals surface area contributed by atoms with Crippen molar-refractivity contribution in [3.8, 4) is 0 Å². The van der Waals surface area contributed by atoms with E-state index in [0.29, 0.717) is 11.8 Å². The van der Waals surface area contributed by atoms with Crippen molar-refractivity contribution in [2.45, 2.75) is 62.9 Å². The molecular weight excluding hydrogens is 216 g/mol. The summed E-state index contributed by atoms with van der Waals surface area (Å²) in [5.74, 6) is 2.82. The molecule has 96 valence electrons. The molecule has 0 aromatic rings. The van der Waals surface area contributed by atoms with Crippen molar-refractivity contribution in [1.82, 2.24) is 0 Å². The summed E-state index contributed by atoms with van der Waals surface area (Å²) in [5, 5.41) is 18.5. The smallest absolute Gasteiger partial charge is 0.0872 e. The molecule has 1 saturated heterocycles. The molecule has 2 N–H and O–H groups in total. The summed E-state index contributed by atoms with van der Waals surface area (Å²) in [6.45, 7) is 0. The van der Waals surface area contributed by atoms with Gasteiger partial charge in [-0.25, -0.2) is 0 Å². The van der Waals surface area contributed by atoms with Gasteiger partial charge >= 0.3 is 0 Å². The van der Waals surface area contributed by atoms with Crippen molar-refractivity contribution in [3.63, 3.8) is 0 Å². The molecule has 8 atom stereocenters. The van der Waals surface area contributed by atoms with Crippen LogP contribution in [-0.4, -0.2) is 34.6 Å².